The number of aliphatic hydroxyl groups excluding tert-OH is 21. The van der Waals surface area contributed by atoms with E-state index in [-0.39, 0.29) is 0 Å². The van der Waals surface area contributed by atoms with Crippen molar-refractivity contribution in [2.75, 3.05) is 46.2 Å². The Morgan fingerprint density at radius 1 is 0.286 bits per heavy atom. The molecule has 7 saturated heterocycles. The summed E-state index contributed by atoms with van der Waals surface area (Å²) in [6.07, 6.45) is -64.4. The molecule has 2 amide bonds. The van der Waals surface area contributed by atoms with Crippen molar-refractivity contribution in [3.8, 4) is 0 Å². The molecule has 0 aliphatic carbocycles. The Morgan fingerprint density at radius 3 is 0.869 bits per heavy atom. The minimum absolute atomic E-state index is 0.854. The number of aliphatic hydroxyl groups is 21. The second-order valence-corrected chi connectivity index (χ2v) is 21.0. The standard InChI is InChI=1S/C46H78N2O36/c1-10(56)47-19-25(62)34(79-43-30(67)27(64)21(58)12(3-49)73-43)17(8-54)77-41(19)83-38-23(60)14(5-51)76-46(32(38)69)84-39-24(61)15(6-52)74-44(33(39)70)80-35-18(9-55)78-42(20(26(35)63)48-11(2)57)82-37-22(59)13(4-50)75-45(31(37)68)81-36-16(7-53)72-40(71)29(66)28(36)65/h12-46,49-55,58-71H,3-9H2,1-2H3,(H,47,56)(H,48,57)/t12-,13-,14-,15-,16-,17-,18-,19-,20-,21+,22+,23+,24+,25-,26-,27+,28-,29-,30-,31-,32-,33-,34-,35-,36-,37+,38+,39+,40-,41+,42+,43+,44+,45+,46-/m1/s1. The number of ether oxygens (including phenoxy) is 13. The van der Waals surface area contributed by atoms with Gasteiger partial charge in [0.25, 0.3) is 0 Å². The van der Waals surface area contributed by atoms with Crippen LogP contribution in [0.3, 0.4) is 0 Å². The van der Waals surface area contributed by atoms with Crippen molar-refractivity contribution < 1.29 is 178 Å². The molecule has 0 aromatic rings. The number of carbonyl (C=O) groups is 2. The molecule has 7 aliphatic rings. The molecule has 0 unspecified atom stereocenters. The highest BCUT2D eigenvalue weighted by atomic mass is 16.8. The van der Waals surface area contributed by atoms with E-state index < -0.39 is 273 Å². The lowest BCUT2D eigenvalue weighted by molar-refractivity contribution is -0.392. The maximum atomic E-state index is 12.7. The van der Waals surface area contributed by atoms with Crippen molar-refractivity contribution in [1.29, 1.82) is 0 Å². The predicted molar refractivity (Wildman–Crippen MR) is 255 cm³/mol. The fourth-order valence-electron chi connectivity index (χ4n) is 10.8. The molecular formula is C46H78N2O36. The summed E-state index contributed by atoms with van der Waals surface area (Å²) < 4.78 is 74.0. The molecular weight excluding hydrogens is 1160 g/mol. The molecule has 0 aromatic heterocycles. The molecule has 38 nitrogen and oxygen atoms in total. The van der Waals surface area contributed by atoms with Crippen molar-refractivity contribution in [2.24, 2.45) is 0 Å². The monoisotopic (exact) mass is 1230 g/mol. The van der Waals surface area contributed by atoms with Crippen LogP contribution in [0.25, 0.3) is 0 Å². The normalized spacial score (nSPS) is 50.3. The first-order valence-corrected chi connectivity index (χ1v) is 26.6. The molecule has 0 radical (unpaired) electrons. The maximum absolute atomic E-state index is 12.7. The highest BCUT2D eigenvalue weighted by molar-refractivity contribution is 5.73. The van der Waals surface area contributed by atoms with E-state index in [9.17, 15) is 117 Å². The lowest BCUT2D eigenvalue weighted by Gasteiger charge is -2.51. The van der Waals surface area contributed by atoms with Crippen molar-refractivity contribution in [2.45, 2.75) is 229 Å². The van der Waals surface area contributed by atoms with Gasteiger partial charge in [0.2, 0.25) is 11.8 Å². The Bertz CT molecular complexity index is 2060. The third-order valence-electron chi connectivity index (χ3n) is 15.3. The Morgan fingerprint density at radius 2 is 0.548 bits per heavy atom. The van der Waals surface area contributed by atoms with Crippen LogP contribution < -0.4 is 10.6 Å². The molecule has 7 heterocycles. The number of hydrogen-bond donors (Lipinski definition) is 23. The van der Waals surface area contributed by atoms with Crippen molar-refractivity contribution in [1.82, 2.24) is 10.6 Å². The number of nitrogens with one attached hydrogen (secondary N) is 2. The van der Waals surface area contributed by atoms with E-state index in [0.717, 1.165) is 13.8 Å². The molecule has 7 fully saturated rings. The van der Waals surface area contributed by atoms with E-state index >= 15 is 0 Å². The van der Waals surface area contributed by atoms with Gasteiger partial charge in [-0.15, -0.1) is 0 Å². The van der Waals surface area contributed by atoms with E-state index in [0.29, 0.717) is 0 Å². The van der Waals surface area contributed by atoms with Crippen LogP contribution in [0.4, 0.5) is 0 Å². The fourth-order valence-corrected chi connectivity index (χ4v) is 10.8. The molecule has 0 bridgehead atoms. The zero-order valence-corrected chi connectivity index (χ0v) is 44.7. The average molecular weight is 1240 g/mol. The summed E-state index contributed by atoms with van der Waals surface area (Å²) in [6.45, 7) is -5.08. The van der Waals surface area contributed by atoms with Crippen LogP contribution in [0.2, 0.25) is 0 Å². The maximum Gasteiger partial charge on any atom is 0.217 e. The molecule has 35 atom stereocenters. The second-order valence-electron chi connectivity index (χ2n) is 21.0. The highest BCUT2D eigenvalue weighted by Gasteiger charge is 2.59. The van der Waals surface area contributed by atoms with E-state index in [1.807, 2.05) is 0 Å². The predicted octanol–water partition coefficient (Wildman–Crippen LogP) is -16.0. The third-order valence-corrected chi connectivity index (χ3v) is 15.3. The number of amides is 2. The van der Waals surface area contributed by atoms with Crippen LogP contribution in [0.15, 0.2) is 0 Å². The molecule has 0 saturated carbocycles. The van der Waals surface area contributed by atoms with Crippen LogP contribution in [-0.2, 0) is 71.2 Å². The zero-order chi connectivity index (χ0) is 61.9. The Balaban J connectivity index is 1.08. The van der Waals surface area contributed by atoms with Gasteiger partial charge in [-0.2, -0.15) is 0 Å². The fraction of sp³-hybridized carbons (Fsp3) is 0.957. The first kappa shape index (κ1) is 69.1. The van der Waals surface area contributed by atoms with Gasteiger partial charge < -0.3 is 179 Å². The summed E-state index contributed by atoms with van der Waals surface area (Å²) in [5, 5.41) is 231. The summed E-state index contributed by atoms with van der Waals surface area (Å²) >= 11 is 0. The Labute approximate surface area is 475 Å². The van der Waals surface area contributed by atoms with Crippen molar-refractivity contribution in [3.63, 3.8) is 0 Å². The minimum atomic E-state index is -2.30. The van der Waals surface area contributed by atoms with Gasteiger partial charge in [-0.05, 0) is 0 Å². The molecule has 7 aliphatic heterocycles. The minimum Gasteiger partial charge on any atom is -0.394 e. The van der Waals surface area contributed by atoms with Crippen LogP contribution >= 0.6 is 0 Å². The first-order chi connectivity index (χ1) is 39.8. The zero-order valence-electron chi connectivity index (χ0n) is 44.7. The molecule has 7 rings (SSSR count). The highest BCUT2D eigenvalue weighted by Crippen LogP contribution is 2.38. The molecule has 0 aromatic carbocycles. The summed E-state index contributed by atoms with van der Waals surface area (Å²) in [7, 11) is 0. The van der Waals surface area contributed by atoms with Gasteiger partial charge in [0, 0.05) is 13.8 Å². The van der Waals surface area contributed by atoms with Gasteiger partial charge in [0.15, 0.2) is 44.0 Å². The van der Waals surface area contributed by atoms with Crippen LogP contribution in [0.1, 0.15) is 13.8 Å². The van der Waals surface area contributed by atoms with Crippen LogP contribution in [0, 0.1) is 0 Å². The summed E-state index contributed by atoms with van der Waals surface area (Å²) in [5.74, 6) is -1.74. The summed E-state index contributed by atoms with van der Waals surface area (Å²) in [5.41, 5.74) is 0. The van der Waals surface area contributed by atoms with E-state index in [2.05, 4.69) is 10.6 Å². The third kappa shape index (κ3) is 14.6. The molecule has 0 spiro atoms. The van der Waals surface area contributed by atoms with Crippen molar-refractivity contribution in [3.05, 3.63) is 0 Å². The van der Waals surface area contributed by atoms with Gasteiger partial charge >= 0.3 is 0 Å². The van der Waals surface area contributed by atoms with Gasteiger partial charge in [-0.1, -0.05) is 0 Å². The molecule has 23 N–H and O–H groups in total. The lowest BCUT2D eigenvalue weighted by Crippen LogP contribution is -2.70. The van der Waals surface area contributed by atoms with Crippen LogP contribution in [-0.4, -0.2) is 380 Å². The Hall–Kier alpha value is -2.42. The molecule has 84 heavy (non-hydrogen) atoms. The number of carbonyl (C=O) groups excluding carboxylic acids is 2. The van der Waals surface area contributed by atoms with Crippen molar-refractivity contribution >= 4 is 11.8 Å². The Kier molecular flexibility index (Phi) is 24.6. The smallest absolute Gasteiger partial charge is 0.217 e. The van der Waals surface area contributed by atoms with E-state index in [1.165, 1.54) is 0 Å². The van der Waals surface area contributed by atoms with Gasteiger partial charge in [-0.25, -0.2) is 0 Å². The molecule has 488 valence electrons. The quantitative estimate of drug-likeness (QED) is 0.0507. The summed E-state index contributed by atoms with van der Waals surface area (Å²) in [6, 6.07) is -3.61. The number of hydrogen-bond acceptors (Lipinski definition) is 36. The lowest BCUT2D eigenvalue weighted by atomic mass is 9.94. The van der Waals surface area contributed by atoms with E-state index in [4.69, 9.17) is 61.6 Å². The largest absolute Gasteiger partial charge is 0.394 e. The number of rotatable bonds is 21. The molecule has 38 heteroatoms. The average Bonchev–Trinajstić information content (AvgIpc) is 3.06. The van der Waals surface area contributed by atoms with Crippen LogP contribution in [0.5, 0.6) is 0 Å². The van der Waals surface area contributed by atoms with Gasteiger partial charge in [0.1, 0.15) is 171 Å². The first-order valence-electron chi connectivity index (χ1n) is 26.6. The summed E-state index contributed by atoms with van der Waals surface area (Å²) in [4.78, 5) is 25.2. The van der Waals surface area contributed by atoms with Gasteiger partial charge in [0.05, 0.1) is 46.2 Å². The second kappa shape index (κ2) is 29.9. The SMILES string of the molecule is CC(=O)N[C@H]1[C@H](O[C@H]2[C@@H](O)[C@@H](CO)O[C@H](O[C@H]3[C@@H](O)[C@@H](CO)O[C@@H](O[C@H]4[C@H](O)[C@@H](NC(C)=O)[C@H](O[C@H]5[C@@H](O)[C@@H](CO)O[C@@H](O[C@H]6[C@H](O)[C@@H](O)[C@H](O)O[C@@H]6CO)[C@@H]5O)O[C@@H]4CO)[C@@H]3O)[C@@H]2O)O[C@H](CO)[C@@H](O[C@@H]2O[C@H](CO)[C@H](O)[C@H](O)[C@H]2O)[C@@H]1O. The van der Waals surface area contributed by atoms with Gasteiger partial charge in [-0.3, -0.25) is 9.59 Å². The van der Waals surface area contributed by atoms with E-state index in [1.54, 1.807) is 0 Å². The topological polar surface area (TPSA) is 603 Å².